The maximum absolute atomic E-state index is 12.0. The summed E-state index contributed by atoms with van der Waals surface area (Å²) in [5.74, 6) is 0.120. The lowest BCUT2D eigenvalue weighted by Crippen LogP contribution is -2.39. The van der Waals surface area contributed by atoms with Crippen LogP contribution in [0.25, 0.3) is 0 Å². The van der Waals surface area contributed by atoms with Crippen molar-refractivity contribution in [1.82, 2.24) is 9.88 Å². The average Bonchev–Trinajstić information content (AvgIpc) is 2.40. The Labute approximate surface area is 109 Å². The molecule has 1 amide bonds. The number of nitrogens with zero attached hydrogens (tertiary/aromatic N) is 3. The molecule has 1 heterocycles. The first-order chi connectivity index (χ1) is 8.63. The van der Waals surface area contributed by atoms with Gasteiger partial charge in [-0.1, -0.05) is 0 Å². The number of rotatable bonds is 6. The van der Waals surface area contributed by atoms with Crippen LogP contribution >= 0.6 is 0 Å². The summed E-state index contributed by atoms with van der Waals surface area (Å²) in [5.41, 5.74) is 7.60. The highest BCUT2D eigenvalue weighted by Gasteiger charge is 2.14. The molecule has 100 valence electrons. The van der Waals surface area contributed by atoms with Crippen molar-refractivity contribution in [1.29, 1.82) is 0 Å². The third-order valence-electron chi connectivity index (χ3n) is 3.01. The number of nitrogens with two attached hydrogens (primary N) is 1. The monoisotopic (exact) mass is 250 g/mol. The Morgan fingerprint density at radius 2 is 2.06 bits per heavy atom. The van der Waals surface area contributed by atoms with Crippen molar-refractivity contribution < 1.29 is 4.79 Å². The molecule has 0 unspecified atom stereocenters. The Kier molecular flexibility index (Phi) is 5.58. The Morgan fingerprint density at radius 1 is 1.39 bits per heavy atom. The van der Waals surface area contributed by atoms with Crippen molar-refractivity contribution >= 4 is 11.6 Å². The van der Waals surface area contributed by atoms with Gasteiger partial charge < -0.3 is 15.5 Å². The van der Waals surface area contributed by atoms with Gasteiger partial charge in [0.25, 0.3) is 0 Å². The molecule has 2 N–H and O–H groups in total. The van der Waals surface area contributed by atoms with Gasteiger partial charge in [0.15, 0.2) is 0 Å². The number of hydrogen-bond donors (Lipinski definition) is 1. The highest BCUT2D eigenvalue weighted by molar-refractivity contribution is 5.81. The van der Waals surface area contributed by atoms with Crippen LogP contribution in [0.1, 0.15) is 19.4 Å². The standard InChI is InChI=1S/C13H22N4O/c1-4-17(5-2)13(18)10-16(3)12-9-15-7-6-11(12)8-14/h6-7,9H,4-5,8,10,14H2,1-3H3. The molecular weight excluding hydrogens is 228 g/mol. The van der Waals surface area contributed by atoms with Crippen LogP contribution in [0.3, 0.4) is 0 Å². The van der Waals surface area contributed by atoms with Crippen molar-refractivity contribution in [2.24, 2.45) is 5.73 Å². The maximum Gasteiger partial charge on any atom is 0.242 e. The second kappa shape index (κ2) is 6.96. The Bertz CT molecular complexity index is 390. The van der Waals surface area contributed by atoms with E-state index in [0.717, 1.165) is 24.3 Å². The smallest absolute Gasteiger partial charge is 0.242 e. The summed E-state index contributed by atoms with van der Waals surface area (Å²) >= 11 is 0. The van der Waals surface area contributed by atoms with Crippen LogP contribution in [0, 0.1) is 0 Å². The first-order valence-electron chi connectivity index (χ1n) is 6.25. The van der Waals surface area contributed by atoms with Gasteiger partial charge in [-0.3, -0.25) is 9.78 Å². The molecule has 5 nitrogen and oxygen atoms in total. The van der Waals surface area contributed by atoms with Crippen molar-refractivity contribution in [3.05, 3.63) is 24.0 Å². The van der Waals surface area contributed by atoms with Crippen molar-refractivity contribution in [3.8, 4) is 0 Å². The summed E-state index contributed by atoms with van der Waals surface area (Å²) in [4.78, 5) is 19.8. The zero-order chi connectivity index (χ0) is 13.5. The molecule has 0 fully saturated rings. The van der Waals surface area contributed by atoms with E-state index in [1.807, 2.05) is 36.8 Å². The quantitative estimate of drug-likeness (QED) is 0.813. The minimum absolute atomic E-state index is 0.120. The van der Waals surface area contributed by atoms with Gasteiger partial charge in [0.1, 0.15) is 0 Å². The van der Waals surface area contributed by atoms with E-state index in [4.69, 9.17) is 5.73 Å². The van der Waals surface area contributed by atoms with E-state index in [-0.39, 0.29) is 5.91 Å². The van der Waals surface area contributed by atoms with E-state index >= 15 is 0 Å². The number of anilines is 1. The fourth-order valence-electron chi connectivity index (χ4n) is 1.90. The van der Waals surface area contributed by atoms with E-state index in [9.17, 15) is 4.79 Å². The van der Waals surface area contributed by atoms with Gasteiger partial charge in [0, 0.05) is 32.9 Å². The molecule has 0 bridgehead atoms. The number of pyridine rings is 1. The number of aromatic nitrogens is 1. The number of hydrogen-bond acceptors (Lipinski definition) is 4. The lowest BCUT2D eigenvalue weighted by atomic mass is 10.2. The molecule has 18 heavy (non-hydrogen) atoms. The van der Waals surface area contributed by atoms with E-state index in [1.54, 1.807) is 12.4 Å². The summed E-state index contributed by atoms with van der Waals surface area (Å²) in [6.45, 7) is 6.23. The summed E-state index contributed by atoms with van der Waals surface area (Å²) in [6, 6.07) is 1.88. The molecular formula is C13H22N4O. The van der Waals surface area contributed by atoms with Gasteiger partial charge in [-0.2, -0.15) is 0 Å². The molecule has 1 rings (SSSR count). The van der Waals surface area contributed by atoms with Crippen molar-refractivity contribution in [2.45, 2.75) is 20.4 Å². The van der Waals surface area contributed by atoms with Gasteiger partial charge >= 0.3 is 0 Å². The van der Waals surface area contributed by atoms with E-state index in [0.29, 0.717) is 13.1 Å². The molecule has 5 heteroatoms. The fourth-order valence-corrected chi connectivity index (χ4v) is 1.90. The number of likely N-dealkylation sites (N-methyl/N-ethyl adjacent to an activating group) is 2. The molecule has 0 atom stereocenters. The predicted molar refractivity (Wildman–Crippen MR) is 73.3 cm³/mol. The fraction of sp³-hybridized carbons (Fsp3) is 0.538. The zero-order valence-electron chi connectivity index (χ0n) is 11.4. The van der Waals surface area contributed by atoms with Crippen LogP contribution in [0.5, 0.6) is 0 Å². The summed E-state index contributed by atoms with van der Waals surface area (Å²) < 4.78 is 0. The third-order valence-corrected chi connectivity index (χ3v) is 3.01. The van der Waals surface area contributed by atoms with E-state index in [2.05, 4.69) is 4.98 Å². The minimum Gasteiger partial charge on any atom is -0.364 e. The van der Waals surface area contributed by atoms with Crippen LogP contribution in [-0.2, 0) is 11.3 Å². The van der Waals surface area contributed by atoms with Crippen LogP contribution in [0.15, 0.2) is 18.5 Å². The maximum atomic E-state index is 12.0. The lowest BCUT2D eigenvalue weighted by Gasteiger charge is -2.25. The first kappa shape index (κ1) is 14.4. The van der Waals surface area contributed by atoms with Crippen LogP contribution in [0.4, 0.5) is 5.69 Å². The van der Waals surface area contributed by atoms with Gasteiger partial charge in [0.2, 0.25) is 5.91 Å². The van der Waals surface area contributed by atoms with Crippen molar-refractivity contribution in [3.63, 3.8) is 0 Å². The van der Waals surface area contributed by atoms with Gasteiger partial charge in [-0.05, 0) is 25.5 Å². The first-order valence-corrected chi connectivity index (χ1v) is 6.25. The van der Waals surface area contributed by atoms with Crippen molar-refractivity contribution in [2.75, 3.05) is 31.6 Å². The topological polar surface area (TPSA) is 62.5 Å². The van der Waals surface area contributed by atoms with Crippen LogP contribution < -0.4 is 10.6 Å². The Balaban J connectivity index is 2.76. The molecule has 0 aromatic carbocycles. The molecule has 1 aromatic rings. The molecule has 0 aliphatic carbocycles. The molecule has 0 radical (unpaired) electrons. The normalized spacial score (nSPS) is 10.2. The Hall–Kier alpha value is -1.62. The number of carbonyl (C=O) groups excluding carboxylic acids is 1. The van der Waals surface area contributed by atoms with Gasteiger partial charge in [0.05, 0.1) is 18.4 Å². The summed E-state index contributed by atoms with van der Waals surface area (Å²) in [6.07, 6.45) is 3.46. The highest BCUT2D eigenvalue weighted by Crippen LogP contribution is 2.16. The largest absolute Gasteiger partial charge is 0.364 e. The third kappa shape index (κ3) is 3.43. The second-order valence-corrected chi connectivity index (χ2v) is 4.13. The van der Waals surface area contributed by atoms with E-state index < -0.39 is 0 Å². The molecule has 0 saturated carbocycles. The molecule has 0 spiro atoms. The zero-order valence-corrected chi connectivity index (χ0v) is 11.4. The van der Waals surface area contributed by atoms with E-state index in [1.165, 1.54) is 0 Å². The van der Waals surface area contributed by atoms with Crippen LogP contribution in [0.2, 0.25) is 0 Å². The second-order valence-electron chi connectivity index (χ2n) is 4.13. The minimum atomic E-state index is 0.120. The summed E-state index contributed by atoms with van der Waals surface area (Å²) in [5, 5.41) is 0. The number of amides is 1. The SMILES string of the molecule is CCN(CC)C(=O)CN(C)c1cnccc1CN. The summed E-state index contributed by atoms with van der Waals surface area (Å²) in [7, 11) is 1.89. The molecule has 0 saturated heterocycles. The Morgan fingerprint density at radius 3 is 2.61 bits per heavy atom. The predicted octanol–water partition coefficient (Wildman–Crippen LogP) is 0.845. The number of carbonyl (C=O) groups is 1. The molecule has 1 aromatic heterocycles. The molecule has 0 aliphatic heterocycles. The van der Waals surface area contributed by atoms with Gasteiger partial charge in [-0.25, -0.2) is 0 Å². The van der Waals surface area contributed by atoms with Gasteiger partial charge in [-0.15, -0.1) is 0 Å². The lowest BCUT2D eigenvalue weighted by molar-refractivity contribution is -0.129. The van der Waals surface area contributed by atoms with Crippen LogP contribution in [-0.4, -0.2) is 42.5 Å². The molecule has 0 aliphatic rings. The highest BCUT2D eigenvalue weighted by atomic mass is 16.2. The average molecular weight is 250 g/mol.